The molecule has 2 fully saturated rings. The van der Waals surface area contributed by atoms with Crippen molar-refractivity contribution < 1.29 is 0 Å². The number of benzene rings is 1. The molecular weight excluding hydrogens is 234 g/mol. The quantitative estimate of drug-likeness (QED) is 0.821. The minimum atomic E-state index is 0.670. The minimum Gasteiger partial charge on any atom is -0.399 e. The highest BCUT2D eigenvalue weighted by Crippen LogP contribution is 2.46. The summed E-state index contributed by atoms with van der Waals surface area (Å²) in [4.78, 5) is 4.41. The van der Waals surface area contributed by atoms with E-state index >= 15 is 0 Å². The zero-order chi connectivity index (χ0) is 12.8. The van der Waals surface area contributed by atoms with E-state index in [2.05, 4.69) is 22.4 Å². The van der Waals surface area contributed by atoms with Crippen LogP contribution in [0.15, 0.2) is 30.5 Å². The lowest BCUT2D eigenvalue weighted by molar-refractivity contribution is 0.568. The van der Waals surface area contributed by atoms with Crippen LogP contribution >= 0.6 is 0 Å². The van der Waals surface area contributed by atoms with Gasteiger partial charge in [-0.05, 0) is 61.8 Å². The number of pyridine rings is 1. The number of nitrogens with one attached hydrogen (secondary N) is 1. The average Bonchev–Trinajstić information content (AvgIpc) is 3.28. The van der Waals surface area contributed by atoms with E-state index in [4.69, 9.17) is 5.73 Å². The molecule has 0 bridgehead atoms. The van der Waals surface area contributed by atoms with Gasteiger partial charge in [0.15, 0.2) is 0 Å². The van der Waals surface area contributed by atoms with E-state index in [-0.39, 0.29) is 0 Å². The van der Waals surface area contributed by atoms with Crippen molar-refractivity contribution in [1.82, 2.24) is 4.98 Å². The molecule has 0 atom stereocenters. The number of hydrogen-bond acceptors (Lipinski definition) is 3. The lowest BCUT2D eigenvalue weighted by Crippen LogP contribution is -2.24. The fourth-order valence-electron chi connectivity index (χ4n) is 3.00. The van der Waals surface area contributed by atoms with Crippen LogP contribution in [0.2, 0.25) is 0 Å². The fourth-order valence-corrected chi connectivity index (χ4v) is 3.00. The number of nitrogen functional groups attached to an aromatic ring is 1. The summed E-state index contributed by atoms with van der Waals surface area (Å²) in [6, 6.07) is 8.75. The average molecular weight is 253 g/mol. The van der Waals surface area contributed by atoms with Crippen molar-refractivity contribution in [2.45, 2.75) is 31.7 Å². The Morgan fingerprint density at radius 3 is 2.53 bits per heavy atom. The molecule has 2 aromatic rings. The van der Waals surface area contributed by atoms with Gasteiger partial charge in [0, 0.05) is 29.0 Å². The highest BCUT2D eigenvalue weighted by molar-refractivity contribution is 5.92. The molecule has 3 N–H and O–H groups in total. The molecule has 1 aromatic carbocycles. The molecule has 3 heteroatoms. The SMILES string of the molecule is Nc1ccc2c(NC(C3CC3)C3CC3)ccnc2c1. The van der Waals surface area contributed by atoms with E-state index < -0.39 is 0 Å². The number of nitrogens with zero attached hydrogens (tertiary/aromatic N) is 1. The Balaban J connectivity index is 1.69. The zero-order valence-electron chi connectivity index (χ0n) is 11.0. The van der Waals surface area contributed by atoms with Gasteiger partial charge in [0.05, 0.1) is 5.52 Å². The van der Waals surface area contributed by atoms with Gasteiger partial charge in [0.25, 0.3) is 0 Å². The molecule has 98 valence electrons. The standard InChI is InChI=1S/C16H19N3/c17-12-5-6-13-14(7-8-18-15(13)9-12)19-16(10-1-2-10)11-3-4-11/h5-11,16H,1-4,17H2,(H,18,19). The maximum atomic E-state index is 5.83. The van der Waals surface area contributed by atoms with Crippen LogP contribution in [0.3, 0.4) is 0 Å². The third-order valence-electron chi connectivity index (χ3n) is 4.35. The summed E-state index contributed by atoms with van der Waals surface area (Å²) in [6.07, 6.45) is 7.45. The van der Waals surface area contributed by atoms with Crippen LogP contribution in [0.5, 0.6) is 0 Å². The van der Waals surface area contributed by atoms with Crippen LogP contribution in [0.4, 0.5) is 11.4 Å². The number of nitrogens with two attached hydrogens (primary N) is 1. The van der Waals surface area contributed by atoms with Crippen molar-refractivity contribution in [2.24, 2.45) is 11.8 Å². The second-order valence-corrected chi connectivity index (χ2v) is 5.98. The molecule has 2 aliphatic rings. The molecule has 0 amide bonds. The highest BCUT2D eigenvalue weighted by atomic mass is 15.0. The Labute approximate surface area is 113 Å². The van der Waals surface area contributed by atoms with Crippen LogP contribution < -0.4 is 11.1 Å². The maximum Gasteiger partial charge on any atom is 0.0743 e. The molecule has 19 heavy (non-hydrogen) atoms. The molecule has 2 saturated carbocycles. The predicted octanol–water partition coefficient (Wildman–Crippen LogP) is 3.42. The van der Waals surface area contributed by atoms with Crippen molar-refractivity contribution in [3.05, 3.63) is 30.5 Å². The van der Waals surface area contributed by atoms with Gasteiger partial charge in [0.1, 0.15) is 0 Å². The Hall–Kier alpha value is -1.77. The monoisotopic (exact) mass is 253 g/mol. The van der Waals surface area contributed by atoms with Gasteiger partial charge in [0.2, 0.25) is 0 Å². The van der Waals surface area contributed by atoms with Gasteiger partial charge >= 0.3 is 0 Å². The normalized spacial score (nSPS) is 19.0. The largest absolute Gasteiger partial charge is 0.399 e. The minimum absolute atomic E-state index is 0.670. The molecule has 4 rings (SSSR count). The van der Waals surface area contributed by atoms with E-state index in [1.807, 2.05) is 18.3 Å². The summed E-state index contributed by atoms with van der Waals surface area (Å²) in [5, 5.41) is 4.97. The molecule has 1 heterocycles. The van der Waals surface area contributed by atoms with Crippen molar-refractivity contribution in [3.8, 4) is 0 Å². The van der Waals surface area contributed by atoms with E-state index in [0.717, 1.165) is 23.0 Å². The Bertz CT molecular complexity index is 602. The number of aromatic nitrogens is 1. The number of hydrogen-bond donors (Lipinski definition) is 2. The molecule has 0 radical (unpaired) electrons. The first-order chi connectivity index (χ1) is 9.31. The fraction of sp³-hybridized carbons (Fsp3) is 0.438. The molecule has 1 aromatic heterocycles. The van der Waals surface area contributed by atoms with E-state index in [1.54, 1.807) is 0 Å². The Morgan fingerprint density at radius 2 is 1.84 bits per heavy atom. The molecule has 2 aliphatic carbocycles. The maximum absolute atomic E-state index is 5.83. The summed E-state index contributed by atoms with van der Waals surface area (Å²) < 4.78 is 0. The lowest BCUT2D eigenvalue weighted by atomic mass is 10.1. The molecule has 3 nitrogen and oxygen atoms in total. The van der Waals surface area contributed by atoms with Gasteiger partial charge in [-0.3, -0.25) is 4.98 Å². The van der Waals surface area contributed by atoms with E-state index in [9.17, 15) is 0 Å². The Morgan fingerprint density at radius 1 is 1.11 bits per heavy atom. The van der Waals surface area contributed by atoms with E-state index in [0.29, 0.717) is 6.04 Å². The number of fused-ring (bicyclic) bond motifs is 1. The zero-order valence-corrected chi connectivity index (χ0v) is 11.0. The molecular formula is C16H19N3. The van der Waals surface area contributed by atoms with Crippen LogP contribution in [0, 0.1) is 11.8 Å². The first-order valence-corrected chi connectivity index (χ1v) is 7.22. The van der Waals surface area contributed by atoms with Crippen LogP contribution in [0.1, 0.15) is 25.7 Å². The second-order valence-electron chi connectivity index (χ2n) is 5.98. The molecule has 0 aliphatic heterocycles. The molecule has 0 unspecified atom stereocenters. The number of rotatable bonds is 4. The third kappa shape index (κ3) is 2.14. The molecule has 0 saturated heterocycles. The van der Waals surface area contributed by atoms with Crippen molar-refractivity contribution >= 4 is 22.3 Å². The summed E-state index contributed by atoms with van der Waals surface area (Å²) in [6.45, 7) is 0. The first kappa shape index (κ1) is 11.1. The van der Waals surface area contributed by atoms with Gasteiger partial charge in [-0.1, -0.05) is 0 Å². The summed E-state index contributed by atoms with van der Waals surface area (Å²) in [5.41, 5.74) is 8.81. The lowest BCUT2D eigenvalue weighted by Gasteiger charge is -2.20. The van der Waals surface area contributed by atoms with Crippen LogP contribution in [0.25, 0.3) is 10.9 Å². The van der Waals surface area contributed by atoms with Crippen LogP contribution in [-0.4, -0.2) is 11.0 Å². The van der Waals surface area contributed by atoms with Gasteiger partial charge in [-0.25, -0.2) is 0 Å². The Kier molecular flexibility index (Phi) is 2.40. The summed E-state index contributed by atoms with van der Waals surface area (Å²) >= 11 is 0. The molecule has 0 spiro atoms. The second kappa shape index (κ2) is 4.12. The van der Waals surface area contributed by atoms with Crippen LogP contribution in [-0.2, 0) is 0 Å². The van der Waals surface area contributed by atoms with E-state index in [1.165, 1.54) is 36.8 Å². The van der Waals surface area contributed by atoms with Gasteiger partial charge in [-0.2, -0.15) is 0 Å². The van der Waals surface area contributed by atoms with Crippen molar-refractivity contribution in [2.75, 3.05) is 11.1 Å². The topological polar surface area (TPSA) is 50.9 Å². The smallest absolute Gasteiger partial charge is 0.0743 e. The highest BCUT2D eigenvalue weighted by Gasteiger charge is 2.41. The third-order valence-corrected chi connectivity index (χ3v) is 4.35. The first-order valence-electron chi connectivity index (χ1n) is 7.22. The van der Waals surface area contributed by atoms with Gasteiger partial charge in [-0.15, -0.1) is 0 Å². The summed E-state index contributed by atoms with van der Waals surface area (Å²) in [5.74, 6) is 1.79. The number of anilines is 2. The van der Waals surface area contributed by atoms with Crippen molar-refractivity contribution in [3.63, 3.8) is 0 Å². The predicted molar refractivity (Wildman–Crippen MR) is 79.0 cm³/mol. The summed E-state index contributed by atoms with van der Waals surface area (Å²) in [7, 11) is 0. The van der Waals surface area contributed by atoms with Gasteiger partial charge < -0.3 is 11.1 Å². The van der Waals surface area contributed by atoms with Crippen molar-refractivity contribution in [1.29, 1.82) is 0 Å².